The summed E-state index contributed by atoms with van der Waals surface area (Å²) < 4.78 is 24.4. The largest absolute Gasteiger partial charge is 0.357 e. The van der Waals surface area contributed by atoms with Crippen molar-refractivity contribution in [1.82, 2.24) is 19.8 Å². The minimum absolute atomic E-state index is 0.0573. The zero-order valence-electron chi connectivity index (χ0n) is 14.9. The smallest absolute Gasteiger partial charge is 0.242 e. The summed E-state index contributed by atoms with van der Waals surface area (Å²) in [5, 5.41) is 3.14. The lowest BCUT2D eigenvalue weighted by Gasteiger charge is -2.25. The number of hydrogen-bond donors (Lipinski definition) is 2. The lowest BCUT2D eigenvalue weighted by Crippen LogP contribution is -2.45. The molecule has 0 aliphatic heterocycles. The summed E-state index contributed by atoms with van der Waals surface area (Å²) in [6.07, 6.45) is 1.73. The third-order valence-corrected chi connectivity index (χ3v) is 3.87. The molecule has 0 saturated heterocycles. The van der Waals surface area contributed by atoms with Gasteiger partial charge in [-0.2, -0.15) is 0 Å². The van der Waals surface area contributed by atoms with Crippen molar-refractivity contribution in [2.45, 2.75) is 27.2 Å². The SMILES string of the molecule is CCNC(=NCCCNS(C)(=O)=O)N(C)CC(=O)N(CC)CC. The molecule has 0 aromatic heterocycles. The van der Waals surface area contributed by atoms with Crippen LogP contribution in [-0.4, -0.2) is 82.7 Å². The molecule has 1 amide bonds. The Kier molecular flexibility index (Phi) is 10.6. The van der Waals surface area contributed by atoms with Gasteiger partial charge in [0.25, 0.3) is 0 Å². The van der Waals surface area contributed by atoms with Crippen LogP contribution in [0.15, 0.2) is 4.99 Å². The van der Waals surface area contributed by atoms with Gasteiger partial charge >= 0.3 is 0 Å². The van der Waals surface area contributed by atoms with E-state index in [9.17, 15) is 13.2 Å². The highest BCUT2D eigenvalue weighted by Crippen LogP contribution is 1.94. The topological polar surface area (TPSA) is 94.1 Å². The van der Waals surface area contributed by atoms with Crippen molar-refractivity contribution >= 4 is 21.9 Å². The van der Waals surface area contributed by atoms with E-state index in [-0.39, 0.29) is 12.5 Å². The quantitative estimate of drug-likeness (QED) is 0.321. The minimum atomic E-state index is -3.16. The maximum Gasteiger partial charge on any atom is 0.242 e. The van der Waals surface area contributed by atoms with Crippen LogP contribution in [0.2, 0.25) is 0 Å². The van der Waals surface area contributed by atoms with E-state index < -0.39 is 10.0 Å². The highest BCUT2D eigenvalue weighted by molar-refractivity contribution is 7.88. The molecule has 0 saturated carbocycles. The van der Waals surface area contributed by atoms with Crippen molar-refractivity contribution in [3.05, 3.63) is 0 Å². The second kappa shape index (κ2) is 11.2. The van der Waals surface area contributed by atoms with Crippen LogP contribution in [0.4, 0.5) is 0 Å². The Morgan fingerprint density at radius 3 is 2.26 bits per heavy atom. The third-order valence-electron chi connectivity index (χ3n) is 3.15. The van der Waals surface area contributed by atoms with Crippen LogP contribution < -0.4 is 10.0 Å². The number of guanidine groups is 1. The monoisotopic (exact) mass is 349 g/mol. The van der Waals surface area contributed by atoms with Crippen LogP contribution in [0, 0.1) is 0 Å². The van der Waals surface area contributed by atoms with E-state index in [0.717, 1.165) is 6.26 Å². The maximum atomic E-state index is 12.1. The Morgan fingerprint density at radius 1 is 1.17 bits per heavy atom. The van der Waals surface area contributed by atoms with Crippen LogP contribution in [-0.2, 0) is 14.8 Å². The summed E-state index contributed by atoms with van der Waals surface area (Å²) in [6, 6.07) is 0. The van der Waals surface area contributed by atoms with E-state index in [0.29, 0.717) is 45.1 Å². The first kappa shape index (κ1) is 21.6. The number of hydrogen-bond acceptors (Lipinski definition) is 4. The van der Waals surface area contributed by atoms with Gasteiger partial charge in [0.15, 0.2) is 5.96 Å². The third kappa shape index (κ3) is 10.1. The molecule has 0 radical (unpaired) electrons. The Bertz CT molecular complexity index is 475. The van der Waals surface area contributed by atoms with Gasteiger partial charge in [0.1, 0.15) is 0 Å². The number of carbonyl (C=O) groups is 1. The second-order valence-electron chi connectivity index (χ2n) is 5.18. The summed E-state index contributed by atoms with van der Waals surface area (Å²) in [5.41, 5.74) is 0. The number of carbonyl (C=O) groups excluding carboxylic acids is 1. The lowest BCUT2D eigenvalue weighted by molar-refractivity contribution is -0.131. The Balaban J connectivity index is 4.51. The van der Waals surface area contributed by atoms with E-state index in [4.69, 9.17) is 0 Å². The zero-order valence-corrected chi connectivity index (χ0v) is 15.7. The fraction of sp³-hybridized carbons (Fsp3) is 0.857. The molecule has 0 aromatic carbocycles. The van der Waals surface area contributed by atoms with Crippen LogP contribution >= 0.6 is 0 Å². The number of amides is 1. The molecule has 0 aliphatic rings. The normalized spacial score (nSPS) is 12.1. The van der Waals surface area contributed by atoms with Gasteiger partial charge in [0, 0.05) is 39.8 Å². The predicted octanol–water partition coefficient (Wildman–Crippen LogP) is -0.309. The first-order chi connectivity index (χ1) is 10.7. The van der Waals surface area contributed by atoms with Gasteiger partial charge in [-0.3, -0.25) is 9.79 Å². The van der Waals surface area contributed by atoms with Crippen molar-refractivity contribution in [2.24, 2.45) is 4.99 Å². The molecule has 136 valence electrons. The van der Waals surface area contributed by atoms with Gasteiger partial charge in [0.05, 0.1) is 12.8 Å². The van der Waals surface area contributed by atoms with Crippen molar-refractivity contribution in [1.29, 1.82) is 0 Å². The van der Waals surface area contributed by atoms with E-state index in [1.165, 1.54) is 0 Å². The number of sulfonamides is 1. The summed E-state index contributed by atoms with van der Waals surface area (Å²) in [7, 11) is -1.34. The van der Waals surface area contributed by atoms with Crippen molar-refractivity contribution in [3.8, 4) is 0 Å². The fourth-order valence-corrected chi connectivity index (χ4v) is 2.46. The molecule has 8 nitrogen and oxygen atoms in total. The number of nitrogens with zero attached hydrogens (tertiary/aromatic N) is 3. The number of rotatable bonds is 10. The molecule has 0 atom stereocenters. The summed E-state index contributed by atoms with van der Waals surface area (Å²) in [6.45, 7) is 9.03. The van der Waals surface area contributed by atoms with Crippen molar-refractivity contribution in [3.63, 3.8) is 0 Å². The van der Waals surface area contributed by atoms with Gasteiger partial charge in [-0.1, -0.05) is 0 Å². The number of nitrogens with one attached hydrogen (secondary N) is 2. The molecule has 0 fully saturated rings. The summed E-state index contributed by atoms with van der Waals surface area (Å²) >= 11 is 0. The average Bonchev–Trinajstić information content (AvgIpc) is 2.45. The first-order valence-electron chi connectivity index (χ1n) is 7.96. The molecule has 0 aromatic rings. The molecule has 2 N–H and O–H groups in total. The summed E-state index contributed by atoms with van der Waals surface area (Å²) in [4.78, 5) is 20.1. The molecular weight excluding hydrogens is 318 g/mol. The van der Waals surface area contributed by atoms with Gasteiger partial charge in [-0.25, -0.2) is 13.1 Å². The maximum absolute atomic E-state index is 12.1. The number of aliphatic imine (C=N–C) groups is 1. The van der Waals surface area contributed by atoms with Crippen LogP contribution in [0.1, 0.15) is 27.2 Å². The number of likely N-dealkylation sites (N-methyl/N-ethyl adjacent to an activating group) is 2. The Hall–Kier alpha value is -1.35. The molecule has 0 bridgehead atoms. The van der Waals surface area contributed by atoms with E-state index >= 15 is 0 Å². The summed E-state index contributed by atoms with van der Waals surface area (Å²) in [5.74, 6) is 0.703. The molecule has 9 heteroatoms. The molecular formula is C14H31N5O3S. The highest BCUT2D eigenvalue weighted by atomic mass is 32.2. The lowest BCUT2D eigenvalue weighted by atomic mass is 10.4. The standard InChI is InChI=1S/C14H31N5O3S/c1-6-15-14(16-10-9-11-17-23(5,21)22)18(4)12-13(20)19(7-2)8-3/h17H,6-12H2,1-5H3,(H,15,16). The zero-order chi connectivity index (χ0) is 17.9. The van der Waals surface area contributed by atoms with E-state index in [2.05, 4.69) is 15.0 Å². The van der Waals surface area contributed by atoms with Crippen LogP contribution in [0.25, 0.3) is 0 Å². The Morgan fingerprint density at radius 2 is 1.78 bits per heavy atom. The van der Waals surface area contributed by atoms with Crippen LogP contribution in [0.5, 0.6) is 0 Å². The molecule has 0 aliphatic carbocycles. The second-order valence-corrected chi connectivity index (χ2v) is 7.01. The van der Waals surface area contributed by atoms with Gasteiger partial charge in [0.2, 0.25) is 15.9 Å². The first-order valence-corrected chi connectivity index (χ1v) is 9.86. The van der Waals surface area contributed by atoms with Gasteiger partial charge in [-0.15, -0.1) is 0 Å². The van der Waals surface area contributed by atoms with Gasteiger partial charge in [-0.05, 0) is 27.2 Å². The molecule has 0 rings (SSSR count). The van der Waals surface area contributed by atoms with E-state index in [1.807, 2.05) is 27.8 Å². The van der Waals surface area contributed by atoms with Gasteiger partial charge < -0.3 is 15.1 Å². The average molecular weight is 350 g/mol. The molecule has 0 heterocycles. The molecule has 23 heavy (non-hydrogen) atoms. The predicted molar refractivity (Wildman–Crippen MR) is 94.0 cm³/mol. The molecule has 0 unspecified atom stereocenters. The minimum Gasteiger partial charge on any atom is -0.357 e. The Labute approximate surface area is 140 Å². The van der Waals surface area contributed by atoms with Crippen molar-refractivity contribution in [2.75, 3.05) is 52.6 Å². The highest BCUT2D eigenvalue weighted by Gasteiger charge is 2.14. The fourth-order valence-electron chi connectivity index (χ4n) is 1.95. The molecule has 0 spiro atoms. The van der Waals surface area contributed by atoms with E-state index in [1.54, 1.807) is 9.80 Å². The van der Waals surface area contributed by atoms with Crippen molar-refractivity contribution < 1.29 is 13.2 Å². The van der Waals surface area contributed by atoms with Crippen LogP contribution in [0.3, 0.4) is 0 Å².